The summed E-state index contributed by atoms with van der Waals surface area (Å²) in [6.45, 7) is 1.73. The van der Waals surface area contributed by atoms with Crippen molar-refractivity contribution in [3.8, 4) is 0 Å². The first kappa shape index (κ1) is 11.1. The van der Waals surface area contributed by atoms with Crippen LogP contribution in [0.5, 0.6) is 0 Å². The Kier molecular flexibility index (Phi) is 2.97. The quantitative estimate of drug-likeness (QED) is 0.763. The number of ketones is 1. The number of hydrogen-bond donors (Lipinski definition) is 2. The fourth-order valence-corrected chi connectivity index (χ4v) is 2.02. The molecule has 0 spiro atoms. The second-order valence-corrected chi connectivity index (χ2v) is 4.55. The van der Waals surface area contributed by atoms with E-state index in [-0.39, 0.29) is 17.9 Å². The lowest BCUT2D eigenvalue weighted by atomic mass is 9.77. The number of nitrogens with one attached hydrogen (secondary N) is 1. The zero-order chi connectivity index (χ0) is 11.6. The van der Waals surface area contributed by atoms with Gasteiger partial charge in [-0.25, -0.2) is 0 Å². The van der Waals surface area contributed by atoms with Crippen LogP contribution < -0.4 is 5.32 Å². The second-order valence-electron chi connectivity index (χ2n) is 4.55. The van der Waals surface area contributed by atoms with Crippen LogP contribution in [-0.2, 0) is 0 Å². The highest BCUT2D eigenvalue weighted by molar-refractivity contribution is 5.94. The van der Waals surface area contributed by atoms with Gasteiger partial charge in [0.1, 0.15) is 0 Å². The van der Waals surface area contributed by atoms with Crippen molar-refractivity contribution < 1.29 is 9.90 Å². The van der Waals surface area contributed by atoms with Crippen molar-refractivity contribution >= 4 is 11.5 Å². The molecule has 0 saturated heterocycles. The van der Waals surface area contributed by atoms with Gasteiger partial charge in [-0.2, -0.15) is 0 Å². The van der Waals surface area contributed by atoms with Gasteiger partial charge < -0.3 is 10.4 Å². The maximum absolute atomic E-state index is 11.1. The van der Waals surface area contributed by atoms with Crippen LogP contribution in [0.15, 0.2) is 24.3 Å². The third-order valence-corrected chi connectivity index (χ3v) is 3.31. The van der Waals surface area contributed by atoms with Gasteiger partial charge in [0.25, 0.3) is 0 Å². The summed E-state index contributed by atoms with van der Waals surface area (Å²) in [4.78, 5) is 11.1. The molecule has 0 aliphatic heterocycles. The van der Waals surface area contributed by atoms with Crippen molar-refractivity contribution in [2.24, 2.45) is 0 Å². The summed E-state index contributed by atoms with van der Waals surface area (Å²) in [5.74, 6) is 0.0760. The van der Waals surface area contributed by atoms with Gasteiger partial charge in [-0.05, 0) is 50.5 Å². The van der Waals surface area contributed by atoms with Crippen molar-refractivity contribution in [3.63, 3.8) is 0 Å². The monoisotopic (exact) mass is 219 g/mol. The molecule has 1 saturated carbocycles. The van der Waals surface area contributed by atoms with E-state index < -0.39 is 0 Å². The number of hydrogen-bond acceptors (Lipinski definition) is 3. The molecule has 0 aromatic heterocycles. The van der Waals surface area contributed by atoms with E-state index in [1.54, 1.807) is 6.92 Å². The van der Waals surface area contributed by atoms with Crippen molar-refractivity contribution in [1.82, 2.24) is 0 Å². The zero-order valence-corrected chi connectivity index (χ0v) is 9.49. The molecule has 1 aliphatic rings. The largest absolute Gasteiger partial charge is 0.394 e. The smallest absolute Gasteiger partial charge is 0.159 e. The van der Waals surface area contributed by atoms with Crippen LogP contribution in [0, 0.1) is 0 Å². The first-order valence-corrected chi connectivity index (χ1v) is 5.65. The van der Waals surface area contributed by atoms with E-state index in [4.69, 9.17) is 0 Å². The molecule has 0 heterocycles. The Morgan fingerprint density at radius 1 is 1.38 bits per heavy atom. The van der Waals surface area contributed by atoms with Crippen LogP contribution in [0.25, 0.3) is 0 Å². The summed E-state index contributed by atoms with van der Waals surface area (Å²) in [5, 5.41) is 12.7. The number of carbonyl (C=O) groups is 1. The van der Waals surface area contributed by atoms with Gasteiger partial charge in [-0.15, -0.1) is 0 Å². The van der Waals surface area contributed by atoms with E-state index in [9.17, 15) is 9.90 Å². The van der Waals surface area contributed by atoms with Crippen molar-refractivity contribution in [2.75, 3.05) is 11.9 Å². The fourth-order valence-electron chi connectivity index (χ4n) is 2.02. The third kappa shape index (κ3) is 2.09. The Labute approximate surface area is 95.5 Å². The van der Waals surface area contributed by atoms with Crippen LogP contribution in [0.3, 0.4) is 0 Å². The SMILES string of the molecule is CC(=O)c1ccc(NC2(CO)CCC2)cc1. The highest BCUT2D eigenvalue weighted by Gasteiger charge is 2.35. The number of carbonyl (C=O) groups excluding carboxylic acids is 1. The van der Waals surface area contributed by atoms with Gasteiger partial charge in [-0.1, -0.05) is 0 Å². The first-order valence-electron chi connectivity index (χ1n) is 5.65. The molecule has 3 nitrogen and oxygen atoms in total. The topological polar surface area (TPSA) is 49.3 Å². The van der Waals surface area contributed by atoms with Crippen molar-refractivity contribution in [1.29, 1.82) is 0 Å². The van der Waals surface area contributed by atoms with Gasteiger partial charge in [0.05, 0.1) is 12.1 Å². The Morgan fingerprint density at radius 3 is 2.38 bits per heavy atom. The number of Topliss-reactive ketones (excluding diaryl/α,β-unsaturated/α-hetero) is 1. The van der Waals surface area contributed by atoms with Crippen LogP contribution in [-0.4, -0.2) is 23.0 Å². The van der Waals surface area contributed by atoms with Crippen LogP contribution >= 0.6 is 0 Å². The van der Waals surface area contributed by atoms with E-state index in [0.29, 0.717) is 0 Å². The maximum Gasteiger partial charge on any atom is 0.159 e. The molecular formula is C13H17NO2. The van der Waals surface area contributed by atoms with E-state index in [0.717, 1.165) is 24.1 Å². The number of anilines is 1. The normalized spacial score (nSPS) is 17.6. The molecule has 1 aromatic carbocycles. The first-order chi connectivity index (χ1) is 7.65. The molecule has 0 bridgehead atoms. The fraction of sp³-hybridized carbons (Fsp3) is 0.462. The highest BCUT2D eigenvalue weighted by atomic mass is 16.3. The van der Waals surface area contributed by atoms with Crippen molar-refractivity contribution in [2.45, 2.75) is 31.7 Å². The average molecular weight is 219 g/mol. The predicted molar refractivity (Wildman–Crippen MR) is 63.7 cm³/mol. The summed E-state index contributed by atoms with van der Waals surface area (Å²) in [7, 11) is 0. The lowest BCUT2D eigenvalue weighted by molar-refractivity contribution is 0.101. The van der Waals surface area contributed by atoms with Gasteiger partial charge in [0.15, 0.2) is 5.78 Å². The minimum Gasteiger partial charge on any atom is -0.394 e. The zero-order valence-electron chi connectivity index (χ0n) is 9.49. The molecule has 86 valence electrons. The molecule has 0 atom stereocenters. The Morgan fingerprint density at radius 2 is 2.00 bits per heavy atom. The third-order valence-electron chi connectivity index (χ3n) is 3.31. The van der Waals surface area contributed by atoms with Gasteiger partial charge in [0, 0.05) is 11.3 Å². The summed E-state index contributed by atoms with van der Waals surface area (Å²) in [6, 6.07) is 7.42. The molecule has 0 radical (unpaired) electrons. The molecule has 16 heavy (non-hydrogen) atoms. The number of rotatable bonds is 4. The summed E-state index contributed by atoms with van der Waals surface area (Å²) < 4.78 is 0. The average Bonchev–Trinajstić information content (AvgIpc) is 2.24. The van der Waals surface area contributed by atoms with Crippen LogP contribution in [0.4, 0.5) is 5.69 Å². The van der Waals surface area contributed by atoms with E-state index >= 15 is 0 Å². The molecule has 1 fully saturated rings. The number of benzene rings is 1. The molecule has 1 aromatic rings. The Bertz CT molecular complexity index is 374. The van der Waals surface area contributed by atoms with Gasteiger partial charge in [-0.3, -0.25) is 4.79 Å². The summed E-state index contributed by atoms with van der Waals surface area (Å²) in [6.07, 6.45) is 3.19. The highest BCUT2D eigenvalue weighted by Crippen LogP contribution is 2.34. The van der Waals surface area contributed by atoms with Crippen molar-refractivity contribution in [3.05, 3.63) is 29.8 Å². The van der Waals surface area contributed by atoms with Crippen LogP contribution in [0.1, 0.15) is 36.5 Å². The molecule has 2 rings (SSSR count). The molecule has 1 aliphatic carbocycles. The van der Waals surface area contributed by atoms with Gasteiger partial charge >= 0.3 is 0 Å². The predicted octanol–water partition coefficient (Wildman–Crippen LogP) is 2.22. The van der Waals surface area contributed by atoms with E-state index in [2.05, 4.69) is 5.32 Å². The number of aliphatic hydroxyl groups excluding tert-OH is 1. The molecule has 3 heteroatoms. The lowest BCUT2D eigenvalue weighted by Gasteiger charge is -2.41. The van der Waals surface area contributed by atoms with Crippen LogP contribution in [0.2, 0.25) is 0 Å². The minimum absolute atomic E-state index is 0.0760. The minimum atomic E-state index is -0.127. The molecule has 2 N–H and O–H groups in total. The maximum atomic E-state index is 11.1. The molecule has 0 amide bonds. The van der Waals surface area contributed by atoms with Gasteiger partial charge in [0.2, 0.25) is 0 Å². The molecular weight excluding hydrogens is 202 g/mol. The Hall–Kier alpha value is -1.35. The lowest BCUT2D eigenvalue weighted by Crippen LogP contribution is -2.48. The Balaban J connectivity index is 2.07. The number of aliphatic hydroxyl groups is 1. The molecule has 0 unspecified atom stereocenters. The standard InChI is InChI=1S/C13H17NO2/c1-10(16)11-3-5-12(6-4-11)14-13(9-15)7-2-8-13/h3-6,14-15H,2,7-9H2,1H3. The van der Waals surface area contributed by atoms with E-state index in [1.807, 2.05) is 24.3 Å². The summed E-state index contributed by atoms with van der Waals surface area (Å²) in [5.41, 5.74) is 1.56. The second kappa shape index (κ2) is 4.26. The summed E-state index contributed by atoms with van der Waals surface area (Å²) >= 11 is 0. The van der Waals surface area contributed by atoms with E-state index in [1.165, 1.54) is 6.42 Å².